The number of hydrogen-bond donors (Lipinski definition) is 0. The molecule has 0 N–H and O–H groups in total. The van der Waals surface area contributed by atoms with E-state index in [0.29, 0.717) is 6.04 Å². The van der Waals surface area contributed by atoms with E-state index >= 15 is 0 Å². The van der Waals surface area contributed by atoms with Gasteiger partial charge in [0.25, 0.3) is 0 Å². The number of ether oxygens (including phenoxy) is 1. The van der Waals surface area contributed by atoms with Crippen LogP contribution in [0.25, 0.3) is 0 Å². The van der Waals surface area contributed by atoms with E-state index in [0.717, 1.165) is 32.8 Å². The third-order valence-corrected chi connectivity index (χ3v) is 5.33. The number of hydrogen-bond acceptors (Lipinski definition) is 4. The van der Waals surface area contributed by atoms with Crippen LogP contribution < -0.4 is 0 Å². The summed E-state index contributed by atoms with van der Waals surface area (Å²) < 4.78 is 6.02. The minimum absolute atomic E-state index is 0.0646. The van der Waals surface area contributed by atoms with Gasteiger partial charge in [-0.2, -0.15) is 5.26 Å². The molecule has 1 spiro atoms. The van der Waals surface area contributed by atoms with Gasteiger partial charge in [0.05, 0.1) is 17.7 Å². The van der Waals surface area contributed by atoms with Crippen LogP contribution in [-0.4, -0.2) is 60.3 Å². The highest BCUT2D eigenvalue weighted by molar-refractivity contribution is 4.98. The molecule has 106 valence electrons. The third-order valence-electron chi connectivity index (χ3n) is 5.33. The summed E-state index contributed by atoms with van der Waals surface area (Å²) in [4.78, 5) is 4.94. The summed E-state index contributed by atoms with van der Waals surface area (Å²) in [6.45, 7) is 7.27. The first kappa shape index (κ1) is 13.4. The minimum Gasteiger partial charge on any atom is -0.375 e. The molecule has 2 aliphatic heterocycles. The molecular formula is C15H25N3O. The van der Waals surface area contributed by atoms with Crippen molar-refractivity contribution in [2.45, 2.75) is 56.7 Å². The minimum atomic E-state index is 0.0646. The van der Waals surface area contributed by atoms with Gasteiger partial charge in [-0.05, 0) is 39.0 Å². The highest BCUT2D eigenvalue weighted by Crippen LogP contribution is 2.43. The van der Waals surface area contributed by atoms with E-state index in [9.17, 15) is 0 Å². The zero-order valence-corrected chi connectivity index (χ0v) is 12.0. The Kier molecular flexibility index (Phi) is 3.79. The van der Waals surface area contributed by atoms with Crippen LogP contribution >= 0.6 is 0 Å². The van der Waals surface area contributed by atoms with Crippen LogP contribution in [-0.2, 0) is 4.74 Å². The molecule has 2 unspecified atom stereocenters. The highest BCUT2D eigenvalue weighted by atomic mass is 16.5. The Hall–Kier alpha value is -0.630. The van der Waals surface area contributed by atoms with E-state index < -0.39 is 0 Å². The Labute approximate surface area is 116 Å². The van der Waals surface area contributed by atoms with Crippen LogP contribution in [0.3, 0.4) is 0 Å². The molecule has 4 nitrogen and oxygen atoms in total. The lowest BCUT2D eigenvalue weighted by Gasteiger charge is -2.51. The van der Waals surface area contributed by atoms with E-state index in [4.69, 9.17) is 10.00 Å². The van der Waals surface area contributed by atoms with Gasteiger partial charge in [0.1, 0.15) is 0 Å². The van der Waals surface area contributed by atoms with Gasteiger partial charge in [0.2, 0.25) is 0 Å². The van der Waals surface area contributed by atoms with Crippen LogP contribution in [0.4, 0.5) is 0 Å². The summed E-state index contributed by atoms with van der Waals surface area (Å²) >= 11 is 0. The van der Waals surface area contributed by atoms with E-state index in [1.807, 2.05) is 6.92 Å². The number of nitrogens with zero attached hydrogens (tertiary/aromatic N) is 3. The van der Waals surface area contributed by atoms with Crippen molar-refractivity contribution in [2.24, 2.45) is 0 Å². The highest BCUT2D eigenvalue weighted by Gasteiger charge is 2.44. The molecule has 19 heavy (non-hydrogen) atoms. The molecule has 4 heteroatoms. The van der Waals surface area contributed by atoms with Crippen LogP contribution in [0.15, 0.2) is 0 Å². The lowest BCUT2D eigenvalue weighted by Crippen LogP contribution is -2.57. The summed E-state index contributed by atoms with van der Waals surface area (Å²) in [6, 6.07) is 3.13. The molecule has 0 bridgehead atoms. The fourth-order valence-electron chi connectivity index (χ4n) is 3.80. The predicted octanol–water partition coefficient (Wildman–Crippen LogP) is 1.62. The fourth-order valence-corrected chi connectivity index (χ4v) is 3.80. The summed E-state index contributed by atoms with van der Waals surface area (Å²) in [5.41, 5.74) is 0.250. The SMILES string of the molecule is CC(C#N)N1CCN(C2CCOC3(CCC3)C2)CC1. The van der Waals surface area contributed by atoms with Gasteiger partial charge < -0.3 is 4.74 Å². The molecule has 3 rings (SSSR count). The monoisotopic (exact) mass is 263 g/mol. The first-order valence-electron chi connectivity index (χ1n) is 7.74. The molecule has 0 aromatic rings. The molecule has 3 fully saturated rings. The number of rotatable bonds is 2. The fraction of sp³-hybridized carbons (Fsp3) is 0.933. The van der Waals surface area contributed by atoms with Gasteiger partial charge in [-0.1, -0.05) is 0 Å². The molecule has 2 atom stereocenters. The first-order chi connectivity index (χ1) is 9.22. The van der Waals surface area contributed by atoms with E-state index in [-0.39, 0.29) is 11.6 Å². The second-order valence-electron chi connectivity index (χ2n) is 6.41. The Balaban J connectivity index is 1.52. The van der Waals surface area contributed by atoms with Crippen molar-refractivity contribution < 1.29 is 4.74 Å². The Morgan fingerprint density at radius 3 is 2.58 bits per heavy atom. The van der Waals surface area contributed by atoms with Crippen molar-refractivity contribution in [3.8, 4) is 6.07 Å². The molecule has 2 saturated heterocycles. The Morgan fingerprint density at radius 1 is 1.26 bits per heavy atom. The average molecular weight is 263 g/mol. The lowest BCUT2D eigenvalue weighted by molar-refractivity contribution is -0.151. The topological polar surface area (TPSA) is 39.5 Å². The van der Waals surface area contributed by atoms with Crippen molar-refractivity contribution in [3.63, 3.8) is 0 Å². The molecule has 3 aliphatic rings. The van der Waals surface area contributed by atoms with Gasteiger partial charge >= 0.3 is 0 Å². The summed E-state index contributed by atoms with van der Waals surface area (Å²) in [5.74, 6) is 0. The van der Waals surface area contributed by atoms with Crippen LogP contribution in [0.5, 0.6) is 0 Å². The van der Waals surface area contributed by atoms with Gasteiger partial charge in [0, 0.05) is 38.8 Å². The molecule has 1 aliphatic carbocycles. The maximum Gasteiger partial charge on any atom is 0.0950 e. The zero-order chi connectivity index (χ0) is 13.3. The second kappa shape index (κ2) is 5.40. The molecule has 0 radical (unpaired) electrons. The molecule has 0 aromatic heterocycles. The standard InChI is InChI=1S/C15H25N3O/c1-13(12-16)17-6-8-18(9-7-17)14-3-10-19-15(11-14)4-2-5-15/h13-14H,2-11H2,1H3. The Bertz CT molecular complexity index is 353. The first-order valence-corrected chi connectivity index (χ1v) is 7.74. The molecule has 1 saturated carbocycles. The summed E-state index contributed by atoms with van der Waals surface area (Å²) in [6.07, 6.45) is 6.32. The molecular weight excluding hydrogens is 238 g/mol. The van der Waals surface area contributed by atoms with Crippen molar-refractivity contribution in [1.29, 1.82) is 5.26 Å². The largest absolute Gasteiger partial charge is 0.375 e. The van der Waals surface area contributed by atoms with Crippen molar-refractivity contribution in [3.05, 3.63) is 0 Å². The summed E-state index contributed by atoms with van der Waals surface area (Å²) in [5, 5.41) is 8.99. The quantitative estimate of drug-likeness (QED) is 0.759. The van der Waals surface area contributed by atoms with Gasteiger partial charge in [-0.25, -0.2) is 0 Å². The van der Waals surface area contributed by atoms with Gasteiger partial charge in [-0.15, -0.1) is 0 Å². The lowest BCUT2D eigenvalue weighted by atomic mass is 9.73. The second-order valence-corrected chi connectivity index (χ2v) is 6.41. The smallest absolute Gasteiger partial charge is 0.0950 e. The Morgan fingerprint density at radius 2 is 2.00 bits per heavy atom. The van der Waals surface area contributed by atoms with Gasteiger partial charge in [-0.3, -0.25) is 9.80 Å². The van der Waals surface area contributed by atoms with E-state index in [2.05, 4.69) is 15.9 Å². The third kappa shape index (κ3) is 2.65. The zero-order valence-electron chi connectivity index (χ0n) is 12.0. The molecule has 2 heterocycles. The van der Waals surface area contributed by atoms with Crippen molar-refractivity contribution in [1.82, 2.24) is 9.80 Å². The number of piperazine rings is 1. The normalized spacial score (nSPS) is 33.6. The molecule has 0 aromatic carbocycles. The predicted molar refractivity (Wildman–Crippen MR) is 73.8 cm³/mol. The molecule has 0 amide bonds. The van der Waals surface area contributed by atoms with Crippen molar-refractivity contribution >= 4 is 0 Å². The van der Waals surface area contributed by atoms with Crippen LogP contribution in [0.2, 0.25) is 0 Å². The van der Waals surface area contributed by atoms with Crippen LogP contribution in [0, 0.1) is 11.3 Å². The van der Waals surface area contributed by atoms with Crippen molar-refractivity contribution in [2.75, 3.05) is 32.8 Å². The van der Waals surface area contributed by atoms with E-state index in [1.54, 1.807) is 0 Å². The van der Waals surface area contributed by atoms with Gasteiger partial charge in [0.15, 0.2) is 0 Å². The average Bonchev–Trinajstić information content (AvgIpc) is 2.45. The maximum atomic E-state index is 8.99. The van der Waals surface area contributed by atoms with Crippen LogP contribution in [0.1, 0.15) is 39.0 Å². The number of nitriles is 1. The maximum absolute atomic E-state index is 8.99. The summed E-state index contributed by atoms with van der Waals surface area (Å²) in [7, 11) is 0. The van der Waals surface area contributed by atoms with E-state index in [1.165, 1.54) is 32.1 Å².